The van der Waals surface area contributed by atoms with Crippen molar-refractivity contribution in [2.75, 3.05) is 6.61 Å². The molecule has 0 amide bonds. The Balaban J connectivity index is 2.44. The van der Waals surface area contributed by atoms with Crippen LogP contribution in [-0.2, 0) is 6.42 Å². The van der Waals surface area contributed by atoms with E-state index in [1.54, 1.807) is 18.2 Å². The van der Waals surface area contributed by atoms with Crippen LogP contribution < -0.4 is 0 Å². The van der Waals surface area contributed by atoms with Crippen LogP contribution in [0, 0.1) is 12.7 Å². The van der Waals surface area contributed by atoms with Crippen molar-refractivity contribution >= 4 is 0 Å². The summed E-state index contributed by atoms with van der Waals surface area (Å²) in [5, 5.41) is 8.88. The first-order chi connectivity index (χ1) is 8.19. The molecule has 1 N–H and O–H groups in total. The summed E-state index contributed by atoms with van der Waals surface area (Å²) in [4.78, 5) is 8.50. The molecule has 0 aliphatic heterocycles. The number of hydrogen-bond donors (Lipinski definition) is 1. The first-order valence-electron chi connectivity index (χ1n) is 5.40. The van der Waals surface area contributed by atoms with Gasteiger partial charge in [0.15, 0.2) is 0 Å². The fraction of sp³-hybridized carbons (Fsp3) is 0.231. The van der Waals surface area contributed by atoms with Gasteiger partial charge in [0.25, 0.3) is 0 Å². The second-order valence-electron chi connectivity index (χ2n) is 3.79. The number of rotatable bonds is 3. The Labute approximate surface area is 99.0 Å². The molecule has 2 rings (SSSR count). The van der Waals surface area contributed by atoms with E-state index in [1.165, 1.54) is 12.1 Å². The second-order valence-corrected chi connectivity index (χ2v) is 3.79. The predicted octanol–water partition coefficient (Wildman–Crippen LogP) is 2.13. The quantitative estimate of drug-likeness (QED) is 0.881. The van der Waals surface area contributed by atoms with Crippen LogP contribution in [-0.4, -0.2) is 21.7 Å². The van der Waals surface area contributed by atoms with Crippen LogP contribution in [0.3, 0.4) is 0 Å². The molecule has 0 aliphatic carbocycles. The average Bonchev–Trinajstić information content (AvgIpc) is 2.28. The van der Waals surface area contributed by atoms with Crippen molar-refractivity contribution in [2.45, 2.75) is 13.3 Å². The van der Waals surface area contributed by atoms with Crippen molar-refractivity contribution in [3.63, 3.8) is 0 Å². The molecule has 0 unspecified atom stereocenters. The summed E-state index contributed by atoms with van der Waals surface area (Å²) < 4.78 is 13.1. The van der Waals surface area contributed by atoms with E-state index in [-0.39, 0.29) is 12.4 Å². The molecule has 1 aromatic heterocycles. The van der Waals surface area contributed by atoms with Gasteiger partial charge < -0.3 is 5.11 Å². The molecule has 0 aliphatic rings. The number of aliphatic hydroxyl groups is 1. The standard InChI is InChI=1S/C13H13FN2O/c1-9-7-12(16-13(15-9)5-6-17)10-3-2-4-11(14)8-10/h2-4,7-8,17H,5-6H2,1H3. The van der Waals surface area contributed by atoms with E-state index >= 15 is 0 Å². The monoisotopic (exact) mass is 232 g/mol. The maximum absolute atomic E-state index is 13.1. The van der Waals surface area contributed by atoms with Gasteiger partial charge in [-0.2, -0.15) is 0 Å². The zero-order valence-electron chi connectivity index (χ0n) is 9.52. The van der Waals surface area contributed by atoms with Crippen molar-refractivity contribution in [2.24, 2.45) is 0 Å². The minimum Gasteiger partial charge on any atom is -0.396 e. The Morgan fingerprint density at radius 3 is 2.76 bits per heavy atom. The lowest BCUT2D eigenvalue weighted by Gasteiger charge is -2.05. The minimum absolute atomic E-state index is 0.00600. The highest BCUT2D eigenvalue weighted by Gasteiger charge is 2.05. The summed E-state index contributed by atoms with van der Waals surface area (Å²) in [6, 6.07) is 8.08. The fourth-order valence-electron chi connectivity index (χ4n) is 1.64. The fourth-order valence-corrected chi connectivity index (χ4v) is 1.64. The van der Waals surface area contributed by atoms with Gasteiger partial charge in [-0.05, 0) is 25.1 Å². The molecule has 0 spiro atoms. The molecule has 0 fully saturated rings. The summed E-state index contributed by atoms with van der Waals surface area (Å²) in [6.45, 7) is 1.86. The van der Waals surface area contributed by atoms with Gasteiger partial charge in [0.2, 0.25) is 0 Å². The Hall–Kier alpha value is -1.81. The molecule has 3 nitrogen and oxygen atoms in total. The number of benzene rings is 1. The SMILES string of the molecule is Cc1cc(-c2cccc(F)c2)nc(CCO)n1. The third-order valence-corrected chi connectivity index (χ3v) is 2.36. The number of hydrogen-bond acceptors (Lipinski definition) is 3. The summed E-state index contributed by atoms with van der Waals surface area (Å²) >= 11 is 0. The summed E-state index contributed by atoms with van der Waals surface area (Å²) in [5.74, 6) is 0.286. The maximum Gasteiger partial charge on any atom is 0.131 e. The molecule has 4 heteroatoms. The normalized spacial score (nSPS) is 10.5. The van der Waals surface area contributed by atoms with Crippen LogP contribution in [0.2, 0.25) is 0 Å². The molecular weight excluding hydrogens is 219 g/mol. The molecule has 88 valence electrons. The van der Waals surface area contributed by atoms with Crippen molar-refractivity contribution in [1.82, 2.24) is 9.97 Å². The van der Waals surface area contributed by atoms with Crippen LogP contribution in [0.25, 0.3) is 11.3 Å². The van der Waals surface area contributed by atoms with Gasteiger partial charge in [-0.1, -0.05) is 12.1 Å². The van der Waals surface area contributed by atoms with Crippen LogP contribution in [0.5, 0.6) is 0 Å². The van der Waals surface area contributed by atoms with E-state index in [0.717, 1.165) is 11.3 Å². The van der Waals surface area contributed by atoms with E-state index < -0.39 is 0 Å². The molecule has 2 aromatic rings. The van der Waals surface area contributed by atoms with E-state index in [4.69, 9.17) is 5.11 Å². The highest BCUT2D eigenvalue weighted by Crippen LogP contribution is 2.18. The molecule has 17 heavy (non-hydrogen) atoms. The second kappa shape index (κ2) is 5.01. The summed E-state index contributed by atoms with van der Waals surface area (Å²) in [7, 11) is 0. The van der Waals surface area contributed by atoms with Crippen LogP contribution >= 0.6 is 0 Å². The Morgan fingerprint density at radius 1 is 1.24 bits per heavy atom. The topological polar surface area (TPSA) is 46.0 Å². The number of nitrogens with zero attached hydrogens (tertiary/aromatic N) is 2. The highest BCUT2D eigenvalue weighted by molar-refractivity contribution is 5.59. The largest absolute Gasteiger partial charge is 0.396 e. The van der Waals surface area contributed by atoms with E-state index in [9.17, 15) is 4.39 Å². The van der Waals surface area contributed by atoms with Crippen molar-refractivity contribution in [3.8, 4) is 11.3 Å². The van der Waals surface area contributed by atoms with E-state index in [2.05, 4.69) is 9.97 Å². The zero-order chi connectivity index (χ0) is 12.3. The van der Waals surface area contributed by atoms with Crippen molar-refractivity contribution in [3.05, 3.63) is 47.7 Å². The molecule has 0 saturated carbocycles. The predicted molar refractivity (Wildman–Crippen MR) is 63.0 cm³/mol. The van der Waals surface area contributed by atoms with Gasteiger partial charge in [-0.15, -0.1) is 0 Å². The average molecular weight is 232 g/mol. The smallest absolute Gasteiger partial charge is 0.131 e. The molecule has 1 heterocycles. The lowest BCUT2D eigenvalue weighted by Crippen LogP contribution is -2.01. The lowest BCUT2D eigenvalue weighted by atomic mass is 10.1. The third kappa shape index (κ3) is 2.85. The van der Waals surface area contributed by atoms with Gasteiger partial charge in [-0.3, -0.25) is 0 Å². The molecule has 0 atom stereocenters. The molecule has 0 bridgehead atoms. The van der Waals surface area contributed by atoms with Gasteiger partial charge >= 0.3 is 0 Å². The van der Waals surface area contributed by atoms with Gasteiger partial charge in [0.05, 0.1) is 12.3 Å². The van der Waals surface area contributed by atoms with Crippen molar-refractivity contribution in [1.29, 1.82) is 0 Å². The summed E-state index contributed by atoms with van der Waals surface area (Å²) in [6.07, 6.45) is 0.407. The highest BCUT2D eigenvalue weighted by atomic mass is 19.1. The maximum atomic E-state index is 13.1. The molecule has 1 aromatic carbocycles. The van der Waals surface area contributed by atoms with Crippen LogP contribution in [0.1, 0.15) is 11.5 Å². The summed E-state index contributed by atoms with van der Waals surface area (Å²) in [5.41, 5.74) is 2.21. The van der Waals surface area contributed by atoms with Gasteiger partial charge in [0.1, 0.15) is 11.6 Å². The number of aliphatic hydroxyl groups excluding tert-OH is 1. The Kier molecular flexibility index (Phi) is 3.44. The van der Waals surface area contributed by atoms with Gasteiger partial charge in [-0.25, -0.2) is 14.4 Å². The zero-order valence-corrected chi connectivity index (χ0v) is 9.52. The van der Waals surface area contributed by atoms with Gasteiger partial charge in [0, 0.05) is 17.7 Å². The Morgan fingerprint density at radius 2 is 2.06 bits per heavy atom. The minimum atomic E-state index is -0.289. The molecule has 0 saturated heterocycles. The molecule has 0 radical (unpaired) electrons. The van der Waals surface area contributed by atoms with E-state index in [0.29, 0.717) is 17.9 Å². The number of halogens is 1. The first kappa shape index (κ1) is 11.7. The number of aromatic nitrogens is 2. The Bertz CT molecular complexity index is 529. The van der Waals surface area contributed by atoms with E-state index in [1.807, 2.05) is 6.92 Å². The van der Waals surface area contributed by atoms with Crippen LogP contribution in [0.15, 0.2) is 30.3 Å². The van der Waals surface area contributed by atoms with Crippen LogP contribution in [0.4, 0.5) is 4.39 Å². The lowest BCUT2D eigenvalue weighted by molar-refractivity contribution is 0.296. The third-order valence-electron chi connectivity index (χ3n) is 2.36. The molecular formula is C13H13FN2O. The number of aryl methyl sites for hydroxylation is 1. The van der Waals surface area contributed by atoms with Crippen molar-refractivity contribution < 1.29 is 9.50 Å². The first-order valence-corrected chi connectivity index (χ1v) is 5.40.